The van der Waals surface area contributed by atoms with Gasteiger partial charge in [-0.3, -0.25) is 9.79 Å². The lowest BCUT2D eigenvalue weighted by Gasteiger charge is -2.31. The van der Waals surface area contributed by atoms with Crippen molar-refractivity contribution in [1.29, 1.82) is 0 Å². The Bertz CT molecular complexity index is 496. The summed E-state index contributed by atoms with van der Waals surface area (Å²) in [5, 5.41) is 7.09. The molecule has 0 spiro atoms. The zero-order valence-corrected chi connectivity index (χ0v) is 19.1. The highest BCUT2D eigenvalue weighted by Gasteiger charge is 2.44. The van der Waals surface area contributed by atoms with Gasteiger partial charge < -0.3 is 15.5 Å². The second-order valence-corrected chi connectivity index (χ2v) is 8.66. The number of aliphatic imine (C=N–C) groups is 1. The maximum Gasteiger partial charge on any atom is 0.230 e. The van der Waals surface area contributed by atoms with Crippen LogP contribution in [0.5, 0.6) is 0 Å². The summed E-state index contributed by atoms with van der Waals surface area (Å²) in [6.45, 7) is 0.699. The molecule has 0 saturated heterocycles. The van der Waals surface area contributed by atoms with Crippen molar-refractivity contribution in [1.82, 2.24) is 15.5 Å². The number of nitrogens with one attached hydrogen (secondary N) is 2. The summed E-state index contributed by atoms with van der Waals surface area (Å²) >= 11 is 0. The van der Waals surface area contributed by atoms with Crippen LogP contribution < -0.4 is 10.6 Å². The summed E-state index contributed by atoms with van der Waals surface area (Å²) in [6.07, 6.45) is 12.6. The molecule has 26 heavy (non-hydrogen) atoms. The van der Waals surface area contributed by atoms with Crippen LogP contribution in [0.4, 0.5) is 0 Å². The summed E-state index contributed by atoms with van der Waals surface area (Å²) < 4.78 is 0. The van der Waals surface area contributed by atoms with Gasteiger partial charge in [0.05, 0.1) is 5.41 Å². The van der Waals surface area contributed by atoms with Crippen LogP contribution in [0.2, 0.25) is 0 Å². The Morgan fingerprint density at radius 3 is 2.35 bits per heavy atom. The lowest BCUT2D eigenvalue weighted by Crippen LogP contribution is -2.49. The molecule has 1 amide bonds. The zero-order chi connectivity index (χ0) is 17.9. The van der Waals surface area contributed by atoms with Gasteiger partial charge in [0, 0.05) is 33.7 Å². The van der Waals surface area contributed by atoms with Crippen molar-refractivity contribution in [3.63, 3.8) is 0 Å². The number of amides is 1. The molecular formula is C20H37IN4O. The van der Waals surface area contributed by atoms with Crippen molar-refractivity contribution in [3.05, 3.63) is 0 Å². The molecular weight excluding hydrogens is 439 g/mol. The molecule has 0 aliphatic heterocycles. The lowest BCUT2D eigenvalue weighted by atomic mass is 9.84. The van der Waals surface area contributed by atoms with Gasteiger partial charge in [0.15, 0.2) is 5.96 Å². The third-order valence-electron chi connectivity index (χ3n) is 6.66. The average Bonchev–Trinajstić information content (AvgIpc) is 3.24. The van der Waals surface area contributed by atoms with Crippen molar-refractivity contribution in [2.75, 3.05) is 27.7 Å². The second kappa shape index (κ2) is 9.60. The van der Waals surface area contributed by atoms with E-state index in [9.17, 15) is 4.79 Å². The number of guanidine groups is 1. The second-order valence-electron chi connectivity index (χ2n) is 8.66. The number of hydrogen-bond donors (Lipinski definition) is 2. The monoisotopic (exact) mass is 476 g/mol. The number of nitrogens with zero attached hydrogens (tertiary/aromatic N) is 2. The average molecular weight is 476 g/mol. The lowest BCUT2D eigenvalue weighted by molar-refractivity contribution is -0.138. The number of hydrogen-bond acceptors (Lipinski definition) is 2. The highest BCUT2D eigenvalue weighted by atomic mass is 127. The molecule has 2 N–H and O–H groups in total. The normalized spacial score (nSPS) is 28.2. The van der Waals surface area contributed by atoms with E-state index in [1.165, 1.54) is 38.5 Å². The number of halogens is 1. The van der Waals surface area contributed by atoms with Crippen molar-refractivity contribution in [2.24, 2.45) is 22.2 Å². The first-order chi connectivity index (χ1) is 12.1. The largest absolute Gasteiger partial charge is 0.355 e. The minimum Gasteiger partial charge on any atom is -0.355 e. The van der Waals surface area contributed by atoms with Crippen molar-refractivity contribution >= 4 is 35.8 Å². The number of rotatable bonds is 5. The van der Waals surface area contributed by atoms with Gasteiger partial charge in [-0.1, -0.05) is 44.9 Å². The SMILES string of the molecule is CN=C(NCC1(C(=O)N(C)C)CCCC1)NC1CC1C1CCCCC1.I. The van der Waals surface area contributed by atoms with Crippen LogP contribution in [-0.2, 0) is 4.79 Å². The van der Waals surface area contributed by atoms with Crippen LogP contribution in [0, 0.1) is 17.3 Å². The summed E-state index contributed by atoms with van der Waals surface area (Å²) in [4.78, 5) is 18.9. The Kier molecular flexibility index (Phi) is 8.04. The van der Waals surface area contributed by atoms with Crippen LogP contribution in [-0.4, -0.2) is 50.5 Å². The molecule has 0 aromatic carbocycles. The van der Waals surface area contributed by atoms with Crippen LogP contribution in [0.15, 0.2) is 4.99 Å². The Hall–Kier alpha value is -0.530. The zero-order valence-electron chi connectivity index (χ0n) is 16.7. The van der Waals surface area contributed by atoms with Crippen LogP contribution >= 0.6 is 24.0 Å². The van der Waals surface area contributed by atoms with E-state index in [1.54, 1.807) is 4.90 Å². The number of carbonyl (C=O) groups excluding carboxylic acids is 1. The van der Waals surface area contributed by atoms with E-state index in [0.717, 1.165) is 43.5 Å². The quantitative estimate of drug-likeness (QED) is 0.364. The maximum atomic E-state index is 12.7. The van der Waals surface area contributed by atoms with E-state index in [1.807, 2.05) is 21.1 Å². The fourth-order valence-corrected chi connectivity index (χ4v) is 5.08. The highest BCUT2D eigenvalue weighted by molar-refractivity contribution is 14.0. The fourth-order valence-electron chi connectivity index (χ4n) is 5.08. The van der Waals surface area contributed by atoms with E-state index in [0.29, 0.717) is 12.6 Å². The summed E-state index contributed by atoms with van der Waals surface area (Å²) in [5.41, 5.74) is -0.243. The molecule has 0 heterocycles. The summed E-state index contributed by atoms with van der Waals surface area (Å²) in [7, 11) is 5.57. The third-order valence-corrected chi connectivity index (χ3v) is 6.66. The van der Waals surface area contributed by atoms with Gasteiger partial charge >= 0.3 is 0 Å². The van der Waals surface area contributed by atoms with E-state index < -0.39 is 0 Å². The Labute approximate surface area is 176 Å². The highest BCUT2D eigenvalue weighted by Crippen LogP contribution is 2.44. The predicted molar refractivity (Wildman–Crippen MR) is 118 cm³/mol. The van der Waals surface area contributed by atoms with E-state index >= 15 is 0 Å². The molecule has 5 nitrogen and oxygen atoms in total. The molecule has 0 bridgehead atoms. The molecule has 0 aromatic heterocycles. The van der Waals surface area contributed by atoms with Gasteiger partial charge in [0.2, 0.25) is 5.91 Å². The van der Waals surface area contributed by atoms with E-state index in [2.05, 4.69) is 15.6 Å². The summed E-state index contributed by atoms with van der Waals surface area (Å²) in [6, 6.07) is 0.582. The van der Waals surface area contributed by atoms with Crippen LogP contribution in [0.3, 0.4) is 0 Å². The minimum atomic E-state index is -0.243. The molecule has 0 radical (unpaired) electrons. The Morgan fingerprint density at radius 1 is 1.12 bits per heavy atom. The molecule has 0 aromatic rings. The Morgan fingerprint density at radius 2 is 1.77 bits per heavy atom. The van der Waals surface area contributed by atoms with Crippen molar-refractivity contribution in [3.8, 4) is 0 Å². The summed E-state index contributed by atoms with van der Waals surface area (Å²) in [5.74, 6) is 2.89. The Balaban J connectivity index is 0.00000243. The van der Waals surface area contributed by atoms with Gasteiger partial charge in [-0.25, -0.2) is 0 Å². The molecule has 150 valence electrons. The third kappa shape index (κ3) is 5.04. The number of carbonyl (C=O) groups is 1. The molecule has 3 saturated carbocycles. The molecule has 3 fully saturated rings. The van der Waals surface area contributed by atoms with Gasteiger partial charge in [0.25, 0.3) is 0 Å². The van der Waals surface area contributed by atoms with Crippen LogP contribution in [0.1, 0.15) is 64.2 Å². The minimum absolute atomic E-state index is 0. The first-order valence-corrected chi connectivity index (χ1v) is 10.2. The first-order valence-electron chi connectivity index (χ1n) is 10.2. The van der Waals surface area contributed by atoms with Crippen molar-refractivity contribution in [2.45, 2.75) is 70.3 Å². The first kappa shape index (κ1) is 21.8. The maximum absolute atomic E-state index is 12.7. The van der Waals surface area contributed by atoms with Crippen molar-refractivity contribution < 1.29 is 4.79 Å². The fraction of sp³-hybridized carbons (Fsp3) is 0.900. The van der Waals surface area contributed by atoms with Gasteiger partial charge in [-0.05, 0) is 31.1 Å². The molecule has 2 atom stereocenters. The predicted octanol–water partition coefficient (Wildman–Crippen LogP) is 3.39. The molecule has 6 heteroatoms. The van der Waals surface area contributed by atoms with Gasteiger partial charge in [0.1, 0.15) is 0 Å². The molecule has 3 aliphatic rings. The standard InChI is InChI=1S/C20H36N4O.HI/c1-21-19(23-17-13-16(17)15-9-5-4-6-10-15)22-14-20(11-7-8-12-20)18(25)24(2)3;/h15-17H,4-14H2,1-3H3,(H2,21,22,23);1H. The molecule has 3 aliphatic carbocycles. The van der Waals surface area contributed by atoms with E-state index in [-0.39, 0.29) is 35.3 Å². The molecule has 3 rings (SSSR count). The topological polar surface area (TPSA) is 56.7 Å². The smallest absolute Gasteiger partial charge is 0.230 e. The van der Waals surface area contributed by atoms with Gasteiger partial charge in [-0.2, -0.15) is 0 Å². The van der Waals surface area contributed by atoms with Gasteiger partial charge in [-0.15, -0.1) is 24.0 Å². The molecule has 2 unspecified atom stereocenters. The van der Waals surface area contributed by atoms with Crippen LogP contribution in [0.25, 0.3) is 0 Å². The van der Waals surface area contributed by atoms with E-state index in [4.69, 9.17) is 0 Å².